The van der Waals surface area contributed by atoms with E-state index in [-0.39, 0.29) is 46.1 Å². The number of phenolic OH excluding ortho intramolecular Hbond substituents is 1. The molecule has 7 heteroatoms. The molecular weight excluding hydrogens is 275 g/mol. The Bertz CT molecular complexity index is 526. The van der Waals surface area contributed by atoms with Gasteiger partial charge in [0.2, 0.25) is 0 Å². The Morgan fingerprint density at radius 3 is 2.18 bits per heavy atom. The van der Waals surface area contributed by atoms with Crippen LogP contribution in [0.1, 0.15) is 30.9 Å². The Balaban J connectivity index is 0.00000256. The maximum absolute atomic E-state index is 11.1. The van der Waals surface area contributed by atoms with Crippen LogP contribution in [0.15, 0.2) is 11.0 Å². The van der Waals surface area contributed by atoms with Gasteiger partial charge in [-0.2, -0.15) is 8.42 Å². The second-order valence-corrected chi connectivity index (χ2v) is 5.65. The molecule has 1 aromatic carbocycles. The van der Waals surface area contributed by atoms with E-state index in [1.54, 1.807) is 13.8 Å². The summed E-state index contributed by atoms with van der Waals surface area (Å²) in [5.41, 5.74) is 0.536. The second-order valence-electron chi connectivity index (χ2n) is 3.88. The normalized spacial score (nSPS) is 11.4. The van der Waals surface area contributed by atoms with Gasteiger partial charge >= 0.3 is 0 Å². The molecule has 0 aliphatic rings. The van der Waals surface area contributed by atoms with E-state index in [0.29, 0.717) is 5.56 Å². The molecule has 4 nitrogen and oxygen atoms in total. The van der Waals surface area contributed by atoms with Gasteiger partial charge in [-0.15, -0.1) is 0 Å². The maximum atomic E-state index is 11.1. The van der Waals surface area contributed by atoms with Crippen molar-refractivity contribution in [2.75, 3.05) is 0 Å². The molecule has 1 aromatic rings. The van der Waals surface area contributed by atoms with Gasteiger partial charge in [0.05, 0.1) is 0 Å². The number of rotatable bonds is 2. The summed E-state index contributed by atoms with van der Waals surface area (Å²) in [5, 5.41) is 10.0. The number of hydrogen-bond acceptors (Lipinski definition) is 3. The molecule has 0 saturated heterocycles. The fraction of sp³-hybridized carbons (Fsp3) is 0.400. The van der Waals surface area contributed by atoms with Crippen molar-refractivity contribution in [3.05, 3.63) is 22.2 Å². The van der Waals surface area contributed by atoms with E-state index in [1.807, 2.05) is 0 Å². The summed E-state index contributed by atoms with van der Waals surface area (Å²) < 4.78 is 31.3. The third-order valence-electron chi connectivity index (χ3n) is 2.35. The number of aromatic hydroxyl groups is 1. The Kier molecular flexibility index (Phi) is 5.98. The van der Waals surface area contributed by atoms with Crippen LogP contribution in [0.2, 0.25) is 5.02 Å². The van der Waals surface area contributed by atoms with Gasteiger partial charge in [0.1, 0.15) is 10.6 Å². The van der Waals surface area contributed by atoms with Gasteiger partial charge in [-0.3, -0.25) is 4.55 Å². The van der Waals surface area contributed by atoms with Crippen molar-refractivity contribution in [3.8, 4) is 5.75 Å². The summed E-state index contributed by atoms with van der Waals surface area (Å²) >= 11 is 5.85. The average Bonchev–Trinajstić information content (AvgIpc) is 2.08. The first-order valence-electron chi connectivity index (χ1n) is 4.65. The Morgan fingerprint density at radius 2 is 1.82 bits per heavy atom. The zero-order chi connectivity index (χ0) is 12.7. The predicted octanol–water partition coefficient (Wildman–Crippen LogP) is 2.34. The van der Waals surface area contributed by atoms with E-state index in [1.165, 1.54) is 13.0 Å². The molecule has 0 unspecified atom stereocenters. The van der Waals surface area contributed by atoms with Crippen LogP contribution in [0.5, 0.6) is 5.75 Å². The first-order chi connectivity index (χ1) is 7.16. The summed E-state index contributed by atoms with van der Waals surface area (Å²) in [7, 11) is -4.48. The smallest absolute Gasteiger partial charge is 0.298 e. The maximum Gasteiger partial charge on any atom is 0.298 e. The van der Waals surface area contributed by atoms with E-state index in [4.69, 9.17) is 16.2 Å². The zero-order valence-electron chi connectivity index (χ0n) is 10.2. The van der Waals surface area contributed by atoms with Gasteiger partial charge < -0.3 is 5.11 Å². The van der Waals surface area contributed by atoms with E-state index >= 15 is 0 Å². The molecule has 0 fully saturated rings. The third-order valence-corrected chi connectivity index (χ3v) is 3.76. The molecule has 2 N–H and O–H groups in total. The molecule has 0 aliphatic carbocycles. The van der Waals surface area contributed by atoms with E-state index < -0.39 is 20.8 Å². The Morgan fingerprint density at radius 1 is 1.35 bits per heavy atom. The standard InChI is InChI=1S/C10H13ClO4S.Na/c1-5(2)7-4-8(11)6(3)10(9(7)12)16(13,14)15;/h4-5,12H,1-3H3,(H,13,14,15);. The molecule has 0 atom stereocenters. The van der Waals surface area contributed by atoms with Crippen LogP contribution >= 0.6 is 11.6 Å². The molecule has 0 aliphatic heterocycles. The summed E-state index contributed by atoms with van der Waals surface area (Å²) in [6, 6.07) is 1.51. The number of phenols is 1. The van der Waals surface area contributed by atoms with Crippen LogP contribution < -0.4 is 0 Å². The molecule has 0 aromatic heterocycles. The molecule has 0 amide bonds. The van der Waals surface area contributed by atoms with Crippen LogP contribution in [-0.4, -0.2) is 47.6 Å². The number of benzene rings is 1. The fourth-order valence-electron chi connectivity index (χ4n) is 1.49. The number of hydrogen-bond donors (Lipinski definition) is 2. The van der Waals surface area contributed by atoms with Gasteiger partial charge in [-0.25, -0.2) is 0 Å². The molecular formula is C10H13ClNaO4S. The molecule has 0 bridgehead atoms. The van der Waals surface area contributed by atoms with Gasteiger partial charge in [-0.1, -0.05) is 25.4 Å². The van der Waals surface area contributed by atoms with Gasteiger partial charge in [0.15, 0.2) is 0 Å². The average molecular weight is 288 g/mol. The minimum atomic E-state index is -4.48. The van der Waals surface area contributed by atoms with Crippen LogP contribution in [0.4, 0.5) is 0 Å². The van der Waals surface area contributed by atoms with Crippen molar-refractivity contribution in [1.82, 2.24) is 0 Å². The molecule has 0 heterocycles. The molecule has 17 heavy (non-hydrogen) atoms. The minimum Gasteiger partial charge on any atom is -0.506 e. The van der Waals surface area contributed by atoms with Crippen molar-refractivity contribution in [2.24, 2.45) is 0 Å². The number of halogens is 1. The first-order valence-corrected chi connectivity index (χ1v) is 6.47. The fourth-order valence-corrected chi connectivity index (χ4v) is 2.61. The van der Waals surface area contributed by atoms with Crippen molar-refractivity contribution in [2.45, 2.75) is 31.6 Å². The monoisotopic (exact) mass is 287 g/mol. The van der Waals surface area contributed by atoms with Gasteiger partial charge in [0.25, 0.3) is 10.1 Å². The van der Waals surface area contributed by atoms with Gasteiger partial charge in [-0.05, 0) is 30.0 Å². The zero-order valence-corrected chi connectivity index (χ0v) is 13.7. The summed E-state index contributed by atoms with van der Waals surface area (Å²) in [6.07, 6.45) is 0. The topological polar surface area (TPSA) is 74.6 Å². The predicted molar refractivity (Wildman–Crippen MR) is 67.5 cm³/mol. The van der Waals surface area contributed by atoms with E-state index in [0.717, 1.165) is 0 Å². The van der Waals surface area contributed by atoms with Crippen LogP contribution in [0.25, 0.3) is 0 Å². The minimum absolute atomic E-state index is 0. The largest absolute Gasteiger partial charge is 0.506 e. The first kappa shape index (κ1) is 17.2. The summed E-state index contributed by atoms with van der Waals surface area (Å²) in [6.45, 7) is 5.00. The molecule has 1 rings (SSSR count). The van der Waals surface area contributed by atoms with Crippen molar-refractivity contribution < 1.29 is 18.1 Å². The summed E-state index contributed by atoms with van der Waals surface area (Å²) in [4.78, 5) is -0.510. The molecule has 0 saturated carbocycles. The molecule has 1 radical (unpaired) electrons. The van der Waals surface area contributed by atoms with E-state index in [2.05, 4.69) is 0 Å². The van der Waals surface area contributed by atoms with Gasteiger partial charge in [0, 0.05) is 34.6 Å². The molecule has 0 spiro atoms. The Hall–Kier alpha value is 0.220. The van der Waals surface area contributed by atoms with Crippen molar-refractivity contribution in [3.63, 3.8) is 0 Å². The Labute approximate surface area is 128 Å². The van der Waals surface area contributed by atoms with Crippen molar-refractivity contribution in [1.29, 1.82) is 0 Å². The SMILES string of the molecule is Cc1c(Cl)cc(C(C)C)c(O)c1S(=O)(=O)O.[Na]. The third kappa shape index (κ3) is 3.59. The summed E-state index contributed by atoms with van der Waals surface area (Å²) in [5.74, 6) is -0.530. The van der Waals surface area contributed by atoms with E-state index in [9.17, 15) is 13.5 Å². The van der Waals surface area contributed by atoms with Crippen LogP contribution in [-0.2, 0) is 10.1 Å². The van der Waals surface area contributed by atoms with Crippen LogP contribution in [0.3, 0.4) is 0 Å². The second kappa shape index (κ2) is 5.91. The van der Waals surface area contributed by atoms with Crippen LogP contribution in [0, 0.1) is 6.92 Å². The van der Waals surface area contributed by atoms with Crippen molar-refractivity contribution >= 4 is 51.3 Å². The quantitative estimate of drug-likeness (QED) is 0.647. The molecule has 91 valence electrons.